The van der Waals surface area contributed by atoms with Crippen LogP contribution in [-0.4, -0.2) is 33.0 Å². The number of amides is 1. The summed E-state index contributed by atoms with van der Waals surface area (Å²) in [6.45, 7) is 7.26. The zero-order valence-electron chi connectivity index (χ0n) is 25.8. The molecule has 11 heteroatoms. The van der Waals surface area contributed by atoms with E-state index in [0.29, 0.717) is 57.6 Å². The SMILES string of the molecule is CCCC1CC(=O)C2=C(C1)NC(C)=C(C#N)C2c1cc(Br)c(N(Cc2cccc(OC)c2)C(C)=O)c(NS(=O)(=O)CCC)c1. The summed E-state index contributed by atoms with van der Waals surface area (Å²) >= 11 is 3.64. The van der Waals surface area contributed by atoms with Crippen LogP contribution in [0.5, 0.6) is 5.75 Å². The summed E-state index contributed by atoms with van der Waals surface area (Å²) in [5, 5.41) is 13.6. The van der Waals surface area contributed by atoms with Gasteiger partial charge < -0.3 is 15.0 Å². The highest BCUT2D eigenvalue weighted by Gasteiger charge is 2.39. The van der Waals surface area contributed by atoms with Crippen molar-refractivity contribution < 1.29 is 22.7 Å². The van der Waals surface area contributed by atoms with Gasteiger partial charge in [-0.2, -0.15) is 5.26 Å². The fourth-order valence-electron chi connectivity index (χ4n) is 6.14. The van der Waals surface area contributed by atoms with Crippen LogP contribution < -0.4 is 19.7 Å². The first kappa shape index (κ1) is 33.3. The number of sulfonamides is 1. The zero-order chi connectivity index (χ0) is 32.2. The molecule has 1 heterocycles. The van der Waals surface area contributed by atoms with E-state index in [1.807, 2.05) is 25.1 Å². The molecule has 2 unspecified atom stereocenters. The number of benzene rings is 2. The van der Waals surface area contributed by atoms with Gasteiger partial charge in [0.05, 0.1) is 48.3 Å². The van der Waals surface area contributed by atoms with E-state index < -0.39 is 15.9 Å². The van der Waals surface area contributed by atoms with Gasteiger partial charge in [-0.25, -0.2) is 8.42 Å². The number of dihydropyridines is 1. The summed E-state index contributed by atoms with van der Waals surface area (Å²) in [5.74, 6) is -0.269. The van der Waals surface area contributed by atoms with Crippen LogP contribution in [0.1, 0.15) is 76.8 Å². The number of halogens is 1. The molecule has 0 saturated carbocycles. The summed E-state index contributed by atoms with van der Waals surface area (Å²) in [7, 11) is -2.23. The number of hydrogen-bond donors (Lipinski definition) is 2. The first-order valence-corrected chi connectivity index (χ1v) is 17.3. The lowest BCUT2D eigenvalue weighted by Gasteiger charge is -2.36. The lowest BCUT2D eigenvalue weighted by molar-refractivity contribution is -0.117. The standard InChI is InChI=1S/C33H39BrN4O5S/c1-6-9-22-14-28-32(30(40)15-22)31(26(18-35)20(3)36-28)24-16-27(34)33(29(17-24)37-44(41,42)12-7-2)38(21(4)39)19-23-10-8-11-25(13-23)43-5/h8,10-11,13,16-17,22,31,36-37H,6-7,9,12,14-15,19H2,1-5H3. The zero-order valence-corrected chi connectivity index (χ0v) is 28.2. The predicted octanol–water partition coefficient (Wildman–Crippen LogP) is 6.68. The summed E-state index contributed by atoms with van der Waals surface area (Å²) in [4.78, 5) is 28.3. The highest BCUT2D eigenvalue weighted by molar-refractivity contribution is 9.10. The van der Waals surface area contributed by atoms with Crippen LogP contribution in [0.3, 0.4) is 0 Å². The van der Waals surface area contributed by atoms with Gasteiger partial charge in [-0.05, 0) is 83.4 Å². The van der Waals surface area contributed by atoms with Crippen molar-refractivity contribution in [1.82, 2.24) is 5.32 Å². The molecule has 0 bridgehead atoms. The van der Waals surface area contributed by atoms with Crippen LogP contribution in [0.2, 0.25) is 0 Å². The molecule has 0 radical (unpaired) electrons. The number of carbonyl (C=O) groups is 2. The lowest BCUT2D eigenvalue weighted by atomic mass is 9.72. The van der Waals surface area contributed by atoms with Crippen LogP contribution >= 0.6 is 15.9 Å². The van der Waals surface area contributed by atoms with Crippen molar-refractivity contribution in [3.05, 3.63) is 74.5 Å². The molecule has 1 aliphatic carbocycles. The molecular weight excluding hydrogens is 644 g/mol. The van der Waals surface area contributed by atoms with Crippen LogP contribution in [0.25, 0.3) is 0 Å². The largest absolute Gasteiger partial charge is 0.497 e. The van der Waals surface area contributed by atoms with Crippen molar-refractivity contribution in [2.24, 2.45) is 5.92 Å². The van der Waals surface area contributed by atoms with Gasteiger partial charge >= 0.3 is 0 Å². The van der Waals surface area contributed by atoms with Crippen LogP contribution in [-0.2, 0) is 26.2 Å². The van der Waals surface area contributed by atoms with Crippen molar-refractivity contribution in [2.45, 2.75) is 72.3 Å². The summed E-state index contributed by atoms with van der Waals surface area (Å²) in [6, 6.07) is 13.0. The first-order chi connectivity index (χ1) is 20.9. The fourth-order valence-corrected chi connectivity index (χ4v) is 7.96. The molecule has 2 aromatic rings. The molecule has 1 amide bonds. The molecule has 2 aliphatic rings. The highest BCUT2D eigenvalue weighted by atomic mass is 79.9. The third-order valence-electron chi connectivity index (χ3n) is 8.01. The Morgan fingerprint density at radius 2 is 1.95 bits per heavy atom. The van der Waals surface area contributed by atoms with E-state index in [4.69, 9.17) is 4.74 Å². The van der Waals surface area contributed by atoms with E-state index in [1.165, 1.54) is 11.8 Å². The molecule has 0 spiro atoms. The number of methoxy groups -OCH3 is 1. The molecule has 2 aromatic carbocycles. The monoisotopic (exact) mass is 682 g/mol. The first-order valence-electron chi connectivity index (χ1n) is 14.8. The maximum Gasteiger partial charge on any atom is 0.232 e. The molecule has 9 nitrogen and oxygen atoms in total. The second-order valence-electron chi connectivity index (χ2n) is 11.4. The predicted molar refractivity (Wildman–Crippen MR) is 176 cm³/mol. The average Bonchev–Trinajstić information content (AvgIpc) is 2.95. The molecule has 234 valence electrons. The number of nitrogens with one attached hydrogen (secondary N) is 2. The Morgan fingerprint density at radius 1 is 1.20 bits per heavy atom. The van der Waals surface area contributed by atoms with Crippen molar-refractivity contribution in [1.29, 1.82) is 5.26 Å². The molecule has 44 heavy (non-hydrogen) atoms. The number of ether oxygens (including phenoxy) is 1. The third-order valence-corrected chi connectivity index (χ3v) is 10.1. The molecule has 2 atom stereocenters. The lowest BCUT2D eigenvalue weighted by Crippen LogP contribution is -2.34. The van der Waals surface area contributed by atoms with E-state index in [-0.39, 0.29) is 35.6 Å². The van der Waals surface area contributed by atoms with Crippen molar-refractivity contribution in [3.63, 3.8) is 0 Å². The highest BCUT2D eigenvalue weighted by Crippen LogP contribution is 2.47. The minimum atomic E-state index is -3.79. The number of hydrogen-bond acceptors (Lipinski definition) is 7. The summed E-state index contributed by atoms with van der Waals surface area (Å²) < 4.78 is 34.8. The van der Waals surface area contributed by atoms with Gasteiger partial charge in [0, 0.05) is 34.8 Å². The molecule has 0 fully saturated rings. The van der Waals surface area contributed by atoms with E-state index in [9.17, 15) is 23.3 Å². The Morgan fingerprint density at radius 3 is 2.59 bits per heavy atom. The second kappa shape index (κ2) is 14.0. The number of ketones is 1. The van der Waals surface area contributed by atoms with Gasteiger partial charge in [0.25, 0.3) is 0 Å². The number of allylic oxidation sites excluding steroid dienone is 4. The van der Waals surface area contributed by atoms with Crippen molar-refractivity contribution in [2.75, 3.05) is 22.5 Å². The van der Waals surface area contributed by atoms with E-state index >= 15 is 0 Å². The average molecular weight is 684 g/mol. The van der Waals surface area contributed by atoms with Crippen LogP contribution in [0, 0.1) is 17.2 Å². The Labute approximate surface area is 268 Å². The Bertz CT molecular complexity index is 1680. The number of nitriles is 1. The third kappa shape index (κ3) is 7.19. The maximum absolute atomic E-state index is 13.7. The molecule has 0 aromatic heterocycles. The number of nitrogens with zero attached hydrogens (tertiary/aromatic N) is 2. The number of carbonyl (C=O) groups excluding carboxylic acids is 2. The molecule has 1 aliphatic heterocycles. The Kier molecular flexibility index (Phi) is 10.6. The second-order valence-corrected chi connectivity index (χ2v) is 14.1. The van der Waals surface area contributed by atoms with Gasteiger partial charge in [-0.1, -0.05) is 32.4 Å². The minimum absolute atomic E-state index is 0.0147. The maximum atomic E-state index is 13.7. The minimum Gasteiger partial charge on any atom is -0.497 e. The van der Waals surface area contributed by atoms with E-state index in [1.54, 1.807) is 32.2 Å². The number of Topliss-reactive ketones (excluding diaryl/α,β-unsaturated/α-hetero) is 1. The Balaban J connectivity index is 1.91. The Hall–Kier alpha value is -3.62. The van der Waals surface area contributed by atoms with Gasteiger partial charge in [-0.3, -0.25) is 14.3 Å². The number of rotatable bonds is 11. The quantitative estimate of drug-likeness (QED) is 0.271. The van der Waals surface area contributed by atoms with Gasteiger partial charge in [-0.15, -0.1) is 0 Å². The fraction of sp³-hybridized carbons (Fsp3) is 0.424. The van der Waals surface area contributed by atoms with Crippen LogP contribution in [0.15, 0.2) is 63.4 Å². The van der Waals surface area contributed by atoms with Gasteiger partial charge in [0.15, 0.2) is 5.78 Å². The van der Waals surface area contributed by atoms with Gasteiger partial charge in [0.2, 0.25) is 15.9 Å². The molecular formula is C33H39BrN4O5S. The van der Waals surface area contributed by atoms with E-state index in [0.717, 1.165) is 24.1 Å². The molecule has 0 saturated heterocycles. The van der Waals surface area contributed by atoms with Crippen LogP contribution in [0.4, 0.5) is 11.4 Å². The number of anilines is 2. The summed E-state index contributed by atoms with van der Waals surface area (Å²) in [6.07, 6.45) is 3.40. The smallest absolute Gasteiger partial charge is 0.232 e. The van der Waals surface area contributed by atoms with E-state index in [2.05, 4.69) is 39.0 Å². The van der Waals surface area contributed by atoms with Gasteiger partial charge in [0.1, 0.15) is 5.75 Å². The van der Waals surface area contributed by atoms with Crippen molar-refractivity contribution >= 4 is 49.0 Å². The molecule has 2 N–H and O–H groups in total. The summed E-state index contributed by atoms with van der Waals surface area (Å²) in [5.41, 5.74) is 4.30. The topological polar surface area (TPSA) is 129 Å². The van der Waals surface area contributed by atoms with Crippen molar-refractivity contribution in [3.8, 4) is 11.8 Å². The molecule has 4 rings (SSSR count). The normalized spacial score (nSPS) is 18.3.